The number of amides is 1. The Morgan fingerprint density at radius 2 is 2.12 bits per heavy atom. The van der Waals surface area contributed by atoms with Crippen LogP contribution in [-0.4, -0.2) is 5.91 Å². The third-order valence-corrected chi connectivity index (χ3v) is 2.50. The molecule has 1 unspecified atom stereocenters. The van der Waals surface area contributed by atoms with Gasteiger partial charge in [0.25, 0.3) is 0 Å². The molecule has 0 fully saturated rings. The minimum absolute atomic E-state index is 0.114. The summed E-state index contributed by atoms with van der Waals surface area (Å²) in [7, 11) is 0. The highest BCUT2D eigenvalue weighted by molar-refractivity contribution is 5.91. The van der Waals surface area contributed by atoms with Gasteiger partial charge in [-0.2, -0.15) is 5.26 Å². The first-order chi connectivity index (χ1) is 7.52. The number of hydrogen-bond acceptors (Lipinski definition) is 2. The predicted molar refractivity (Wildman–Crippen MR) is 63.9 cm³/mol. The molecule has 0 radical (unpaired) electrons. The minimum Gasteiger partial charge on any atom is -0.326 e. The molecule has 0 aliphatic rings. The molecule has 0 heterocycles. The lowest BCUT2D eigenvalue weighted by atomic mass is 10.1. The molecule has 1 rings (SSSR count). The number of carbonyl (C=O) groups excluding carboxylic acids is 1. The molecule has 1 aromatic rings. The summed E-state index contributed by atoms with van der Waals surface area (Å²) in [6.45, 7) is 5.77. The zero-order chi connectivity index (χ0) is 12.1. The van der Waals surface area contributed by atoms with E-state index >= 15 is 0 Å². The lowest BCUT2D eigenvalue weighted by Crippen LogP contribution is -2.14. The topological polar surface area (TPSA) is 52.9 Å². The Balaban J connectivity index is 2.64. The molecule has 0 saturated carbocycles. The van der Waals surface area contributed by atoms with Crippen LogP contribution in [0.5, 0.6) is 0 Å². The van der Waals surface area contributed by atoms with Crippen molar-refractivity contribution in [2.75, 3.05) is 5.32 Å². The fraction of sp³-hybridized carbons (Fsp3) is 0.385. The highest BCUT2D eigenvalue weighted by Gasteiger charge is 2.08. The van der Waals surface area contributed by atoms with Crippen molar-refractivity contribution in [3.63, 3.8) is 0 Å². The summed E-state index contributed by atoms with van der Waals surface area (Å²) in [5.74, 6) is -0.358. The smallest absolute Gasteiger partial charge is 0.225 e. The van der Waals surface area contributed by atoms with E-state index in [1.807, 2.05) is 38.1 Å². The van der Waals surface area contributed by atoms with Gasteiger partial charge in [-0.25, -0.2) is 0 Å². The molecule has 3 nitrogen and oxygen atoms in total. The average Bonchev–Trinajstić information content (AvgIpc) is 2.23. The maximum atomic E-state index is 11.5. The van der Waals surface area contributed by atoms with Crippen LogP contribution >= 0.6 is 0 Å². The standard InChI is InChI=1S/C13H16N2O/c1-9(8-14)6-13(16)15-12-5-4-10(2)11(3)7-12/h4-5,7,9H,6H2,1-3H3,(H,15,16). The fourth-order valence-electron chi connectivity index (χ4n) is 1.35. The van der Waals surface area contributed by atoms with Gasteiger partial charge < -0.3 is 5.32 Å². The Labute approximate surface area is 96.1 Å². The van der Waals surface area contributed by atoms with Gasteiger partial charge in [-0.3, -0.25) is 4.79 Å². The van der Waals surface area contributed by atoms with E-state index in [0.717, 1.165) is 11.3 Å². The first-order valence-corrected chi connectivity index (χ1v) is 5.29. The Kier molecular flexibility index (Phi) is 4.07. The van der Waals surface area contributed by atoms with Gasteiger partial charge in [-0.15, -0.1) is 0 Å². The van der Waals surface area contributed by atoms with Crippen molar-refractivity contribution in [1.29, 1.82) is 5.26 Å². The number of aryl methyl sites for hydroxylation is 2. The number of nitrogens with one attached hydrogen (secondary N) is 1. The predicted octanol–water partition coefficient (Wildman–Crippen LogP) is 2.79. The third-order valence-electron chi connectivity index (χ3n) is 2.50. The molecular formula is C13H16N2O. The quantitative estimate of drug-likeness (QED) is 0.844. The monoisotopic (exact) mass is 216 g/mol. The highest BCUT2D eigenvalue weighted by Crippen LogP contribution is 2.14. The summed E-state index contributed by atoms with van der Waals surface area (Å²) in [5.41, 5.74) is 3.13. The number of nitriles is 1. The Morgan fingerprint density at radius 3 is 2.69 bits per heavy atom. The van der Waals surface area contributed by atoms with Gasteiger partial charge in [0.1, 0.15) is 0 Å². The van der Waals surface area contributed by atoms with Gasteiger partial charge in [0.2, 0.25) is 5.91 Å². The Morgan fingerprint density at radius 1 is 1.44 bits per heavy atom. The summed E-state index contributed by atoms with van der Waals surface area (Å²) >= 11 is 0. The molecule has 0 aromatic heterocycles. The lowest BCUT2D eigenvalue weighted by molar-refractivity contribution is -0.116. The van der Waals surface area contributed by atoms with Crippen molar-refractivity contribution >= 4 is 11.6 Å². The van der Waals surface area contributed by atoms with Gasteiger partial charge in [-0.05, 0) is 44.0 Å². The summed E-state index contributed by atoms with van der Waals surface area (Å²) in [5, 5.41) is 11.4. The van der Waals surface area contributed by atoms with Gasteiger partial charge in [0.05, 0.1) is 12.0 Å². The molecular weight excluding hydrogens is 200 g/mol. The van der Waals surface area contributed by atoms with Gasteiger partial charge in [0, 0.05) is 12.1 Å². The van der Waals surface area contributed by atoms with E-state index in [4.69, 9.17) is 5.26 Å². The van der Waals surface area contributed by atoms with Crippen LogP contribution in [0.25, 0.3) is 0 Å². The van der Waals surface area contributed by atoms with Crippen LogP contribution < -0.4 is 5.32 Å². The second-order valence-corrected chi connectivity index (χ2v) is 4.08. The molecule has 1 N–H and O–H groups in total. The van der Waals surface area contributed by atoms with E-state index in [2.05, 4.69) is 5.32 Å². The van der Waals surface area contributed by atoms with Crippen LogP contribution in [0.15, 0.2) is 18.2 Å². The van der Waals surface area contributed by atoms with Gasteiger partial charge in [-0.1, -0.05) is 6.07 Å². The number of benzene rings is 1. The maximum absolute atomic E-state index is 11.5. The highest BCUT2D eigenvalue weighted by atomic mass is 16.1. The SMILES string of the molecule is Cc1ccc(NC(=O)CC(C)C#N)cc1C. The molecule has 16 heavy (non-hydrogen) atoms. The van der Waals surface area contributed by atoms with E-state index in [0.29, 0.717) is 0 Å². The average molecular weight is 216 g/mol. The van der Waals surface area contributed by atoms with Crippen LogP contribution in [-0.2, 0) is 4.79 Å². The molecule has 1 atom stereocenters. The number of hydrogen-bond donors (Lipinski definition) is 1. The van der Waals surface area contributed by atoms with Crippen molar-refractivity contribution in [2.24, 2.45) is 5.92 Å². The summed E-state index contributed by atoms with van der Waals surface area (Å²) in [6, 6.07) is 7.82. The van der Waals surface area contributed by atoms with E-state index in [9.17, 15) is 4.79 Å². The molecule has 0 aliphatic carbocycles. The van der Waals surface area contributed by atoms with Crippen molar-refractivity contribution in [3.05, 3.63) is 29.3 Å². The summed E-state index contributed by atoms with van der Waals surface area (Å²) < 4.78 is 0. The molecule has 3 heteroatoms. The Bertz CT molecular complexity index is 432. The van der Waals surface area contributed by atoms with E-state index in [1.165, 1.54) is 5.56 Å². The maximum Gasteiger partial charge on any atom is 0.225 e. The largest absolute Gasteiger partial charge is 0.326 e. The zero-order valence-corrected chi connectivity index (χ0v) is 9.87. The normalized spacial score (nSPS) is 11.6. The van der Waals surface area contributed by atoms with Crippen molar-refractivity contribution in [2.45, 2.75) is 27.2 Å². The second-order valence-electron chi connectivity index (χ2n) is 4.08. The second kappa shape index (κ2) is 5.32. The minimum atomic E-state index is -0.244. The number of anilines is 1. The zero-order valence-electron chi connectivity index (χ0n) is 9.87. The molecule has 84 valence electrons. The molecule has 0 saturated heterocycles. The van der Waals surface area contributed by atoms with E-state index < -0.39 is 0 Å². The summed E-state index contributed by atoms with van der Waals surface area (Å²) in [6.07, 6.45) is 0.240. The van der Waals surface area contributed by atoms with E-state index in [1.54, 1.807) is 6.92 Å². The van der Waals surface area contributed by atoms with Crippen molar-refractivity contribution in [1.82, 2.24) is 0 Å². The third kappa shape index (κ3) is 3.39. The van der Waals surface area contributed by atoms with Crippen LogP contribution in [0, 0.1) is 31.1 Å². The molecule has 1 amide bonds. The van der Waals surface area contributed by atoms with Crippen molar-refractivity contribution < 1.29 is 4.79 Å². The summed E-state index contributed by atoms with van der Waals surface area (Å²) in [4.78, 5) is 11.5. The van der Waals surface area contributed by atoms with Crippen LogP contribution in [0.4, 0.5) is 5.69 Å². The van der Waals surface area contributed by atoms with Gasteiger partial charge in [0.15, 0.2) is 0 Å². The molecule has 0 spiro atoms. The van der Waals surface area contributed by atoms with Crippen LogP contribution in [0.1, 0.15) is 24.5 Å². The van der Waals surface area contributed by atoms with E-state index in [-0.39, 0.29) is 18.2 Å². The fourth-order valence-corrected chi connectivity index (χ4v) is 1.35. The molecule has 0 bridgehead atoms. The van der Waals surface area contributed by atoms with Gasteiger partial charge >= 0.3 is 0 Å². The number of carbonyl (C=O) groups is 1. The first-order valence-electron chi connectivity index (χ1n) is 5.29. The van der Waals surface area contributed by atoms with Crippen LogP contribution in [0.2, 0.25) is 0 Å². The number of rotatable bonds is 3. The molecule has 1 aromatic carbocycles. The first kappa shape index (κ1) is 12.3. The lowest BCUT2D eigenvalue weighted by Gasteiger charge is -2.08. The molecule has 0 aliphatic heterocycles. The number of nitrogens with zero attached hydrogens (tertiary/aromatic N) is 1. The Hall–Kier alpha value is -1.82. The van der Waals surface area contributed by atoms with Crippen LogP contribution in [0.3, 0.4) is 0 Å². The van der Waals surface area contributed by atoms with Crippen molar-refractivity contribution in [3.8, 4) is 6.07 Å².